The van der Waals surface area contributed by atoms with E-state index in [2.05, 4.69) is 34.1 Å². The molecular formula is C22H25N3OS. The van der Waals surface area contributed by atoms with Gasteiger partial charge in [0.15, 0.2) is 0 Å². The zero-order valence-corrected chi connectivity index (χ0v) is 16.3. The molecule has 4 nitrogen and oxygen atoms in total. The Kier molecular flexibility index (Phi) is 4.68. The third-order valence-electron chi connectivity index (χ3n) is 5.99. The minimum atomic E-state index is 0.198. The number of fused-ring (bicyclic) bond motifs is 3. The Balaban J connectivity index is 1.33. The van der Waals surface area contributed by atoms with Crippen LogP contribution in [0.3, 0.4) is 0 Å². The third kappa shape index (κ3) is 3.28. The van der Waals surface area contributed by atoms with Crippen LogP contribution in [-0.4, -0.2) is 54.5 Å². The number of carbonyl (C=O) groups excluding carboxylic acids is 1. The predicted octanol–water partition coefficient (Wildman–Crippen LogP) is 3.99. The van der Waals surface area contributed by atoms with Crippen molar-refractivity contribution in [2.45, 2.75) is 35.1 Å². The zero-order chi connectivity index (χ0) is 18.2. The molecule has 0 bridgehead atoms. The molecule has 0 saturated carbocycles. The monoisotopic (exact) mass is 379 g/mol. The van der Waals surface area contributed by atoms with Gasteiger partial charge in [-0.2, -0.15) is 0 Å². The first-order chi connectivity index (χ1) is 13.3. The van der Waals surface area contributed by atoms with E-state index in [1.54, 1.807) is 11.8 Å². The number of nitrogens with zero attached hydrogens (tertiary/aromatic N) is 3. The van der Waals surface area contributed by atoms with Crippen LogP contribution in [0.25, 0.3) is 0 Å². The van der Waals surface area contributed by atoms with E-state index < -0.39 is 0 Å². The Morgan fingerprint density at radius 2 is 1.67 bits per heavy atom. The van der Waals surface area contributed by atoms with Gasteiger partial charge in [-0.15, -0.1) is 0 Å². The van der Waals surface area contributed by atoms with Crippen molar-refractivity contribution in [3.63, 3.8) is 0 Å². The molecule has 0 aliphatic carbocycles. The Morgan fingerprint density at radius 3 is 2.41 bits per heavy atom. The van der Waals surface area contributed by atoms with Crippen LogP contribution in [0.4, 0.5) is 11.4 Å². The van der Waals surface area contributed by atoms with Crippen molar-refractivity contribution in [3.8, 4) is 0 Å². The molecule has 1 atom stereocenters. The lowest BCUT2D eigenvalue weighted by Gasteiger charge is -2.38. The molecule has 3 aliphatic heterocycles. The van der Waals surface area contributed by atoms with Crippen LogP contribution in [0.2, 0.25) is 0 Å². The molecule has 2 saturated heterocycles. The van der Waals surface area contributed by atoms with Gasteiger partial charge in [-0.25, -0.2) is 0 Å². The van der Waals surface area contributed by atoms with Gasteiger partial charge < -0.3 is 0 Å². The summed E-state index contributed by atoms with van der Waals surface area (Å²) in [6.45, 7) is 5.49. The molecule has 0 radical (unpaired) electrons. The van der Waals surface area contributed by atoms with Crippen LogP contribution in [0.5, 0.6) is 0 Å². The van der Waals surface area contributed by atoms with E-state index >= 15 is 0 Å². The summed E-state index contributed by atoms with van der Waals surface area (Å²) < 4.78 is 0. The minimum Gasteiger partial charge on any atom is -0.300 e. The van der Waals surface area contributed by atoms with Gasteiger partial charge in [-0.1, -0.05) is 36.0 Å². The molecule has 0 N–H and O–H groups in total. The van der Waals surface area contributed by atoms with Crippen LogP contribution < -0.4 is 4.90 Å². The molecule has 1 amide bonds. The van der Waals surface area contributed by atoms with Crippen LogP contribution in [0, 0.1) is 0 Å². The van der Waals surface area contributed by atoms with Crippen molar-refractivity contribution in [1.29, 1.82) is 0 Å². The maximum Gasteiger partial charge on any atom is 0.232 e. The van der Waals surface area contributed by atoms with Crippen LogP contribution in [0.1, 0.15) is 19.3 Å². The molecule has 140 valence electrons. The van der Waals surface area contributed by atoms with Crippen molar-refractivity contribution in [2.75, 3.05) is 37.6 Å². The number of rotatable bonds is 3. The van der Waals surface area contributed by atoms with E-state index in [4.69, 9.17) is 0 Å². The summed E-state index contributed by atoms with van der Waals surface area (Å²) in [5.41, 5.74) is 2.04. The molecule has 2 aromatic carbocycles. The van der Waals surface area contributed by atoms with E-state index in [0.717, 1.165) is 47.3 Å². The zero-order valence-electron chi connectivity index (χ0n) is 15.5. The molecule has 0 aromatic heterocycles. The van der Waals surface area contributed by atoms with Crippen molar-refractivity contribution in [1.82, 2.24) is 9.80 Å². The fourth-order valence-corrected chi connectivity index (χ4v) is 5.66. The van der Waals surface area contributed by atoms with E-state index in [1.807, 2.05) is 29.2 Å². The van der Waals surface area contributed by atoms with Gasteiger partial charge in [0.05, 0.1) is 11.4 Å². The van der Waals surface area contributed by atoms with Crippen molar-refractivity contribution in [3.05, 3.63) is 48.5 Å². The SMILES string of the molecule is O=C(CCN1CCN2CCCC2C1)N1c2ccccc2Sc2ccccc21. The molecule has 0 spiro atoms. The summed E-state index contributed by atoms with van der Waals surface area (Å²) in [5.74, 6) is 0.198. The number of benzene rings is 2. The number of para-hydroxylation sites is 2. The van der Waals surface area contributed by atoms with Gasteiger partial charge in [0.1, 0.15) is 0 Å². The molecule has 3 heterocycles. The molecule has 5 rings (SSSR count). The first-order valence-corrected chi connectivity index (χ1v) is 10.8. The second kappa shape index (κ2) is 7.30. The standard InChI is InChI=1S/C22H25N3OS/c26-22(11-13-23-14-15-24-12-5-6-17(24)16-23)25-18-7-1-3-9-20(18)27-21-10-4-2-8-19(21)25/h1-4,7-10,17H,5-6,11-16H2. The van der Waals surface area contributed by atoms with Crippen LogP contribution >= 0.6 is 11.8 Å². The fourth-order valence-electron chi connectivity index (χ4n) is 4.60. The number of carbonyl (C=O) groups is 1. The smallest absolute Gasteiger partial charge is 0.232 e. The number of amides is 1. The maximum atomic E-state index is 13.3. The summed E-state index contributed by atoms with van der Waals surface area (Å²) in [7, 11) is 0. The van der Waals surface area contributed by atoms with Crippen molar-refractivity contribution in [2.24, 2.45) is 0 Å². The first-order valence-electron chi connectivity index (χ1n) is 9.95. The van der Waals surface area contributed by atoms with Gasteiger partial charge in [-0.05, 0) is 43.7 Å². The molecule has 1 unspecified atom stereocenters. The molecular weight excluding hydrogens is 354 g/mol. The van der Waals surface area contributed by atoms with E-state index in [-0.39, 0.29) is 5.91 Å². The van der Waals surface area contributed by atoms with Crippen LogP contribution in [0.15, 0.2) is 58.3 Å². The van der Waals surface area contributed by atoms with Gasteiger partial charge in [0.25, 0.3) is 0 Å². The lowest BCUT2D eigenvalue weighted by atomic mass is 10.1. The predicted molar refractivity (Wildman–Crippen MR) is 110 cm³/mol. The normalized spacial score (nSPS) is 22.2. The lowest BCUT2D eigenvalue weighted by Crippen LogP contribution is -2.50. The number of piperazine rings is 1. The largest absolute Gasteiger partial charge is 0.300 e. The Labute approximate surface area is 165 Å². The van der Waals surface area contributed by atoms with Crippen LogP contribution in [-0.2, 0) is 4.79 Å². The van der Waals surface area contributed by atoms with E-state index in [1.165, 1.54) is 19.4 Å². The highest BCUT2D eigenvalue weighted by Crippen LogP contribution is 2.48. The summed E-state index contributed by atoms with van der Waals surface area (Å²) in [5, 5.41) is 0. The van der Waals surface area contributed by atoms with E-state index in [0.29, 0.717) is 12.5 Å². The Morgan fingerprint density at radius 1 is 0.963 bits per heavy atom. The third-order valence-corrected chi connectivity index (χ3v) is 7.13. The molecule has 27 heavy (non-hydrogen) atoms. The molecule has 2 fully saturated rings. The topological polar surface area (TPSA) is 26.8 Å². The molecule has 2 aromatic rings. The summed E-state index contributed by atoms with van der Waals surface area (Å²) in [4.78, 5) is 22.6. The highest BCUT2D eigenvalue weighted by atomic mass is 32.2. The fraction of sp³-hybridized carbons (Fsp3) is 0.409. The first kappa shape index (κ1) is 17.3. The van der Waals surface area contributed by atoms with Crippen molar-refractivity contribution < 1.29 is 4.79 Å². The second-order valence-electron chi connectivity index (χ2n) is 7.65. The lowest BCUT2D eigenvalue weighted by molar-refractivity contribution is -0.118. The van der Waals surface area contributed by atoms with Crippen molar-refractivity contribution >= 4 is 29.0 Å². The quantitative estimate of drug-likeness (QED) is 0.806. The highest BCUT2D eigenvalue weighted by molar-refractivity contribution is 7.99. The number of anilines is 2. The average Bonchev–Trinajstić information content (AvgIpc) is 3.18. The summed E-state index contributed by atoms with van der Waals surface area (Å²) >= 11 is 1.75. The molecule has 5 heteroatoms. The minimum absolute atomic E-state index is 0.198. The van der Waals surface area contributed by atoms with Gasteiger partial charge in [0.2, 0.25) is 5.91 Å². The molecule has 3 aliphatic rings. The number of hydrogen-bond acceptors (Lipinski definition) is 4. The van der Waals surface area contributed by atoms with E-state index in [9.17, 15) is 4.79 Å². The number of hydrogen-bond donors (Lipinski definition) is 0. The second-order valence-corrected chi connectivity index (χ2v) is 8.73. The van der Waals surface area contributed by atoms with Gasteiger partial charge >= 0.3 is 0 Å². The van der Waals surface area contributed by atoms with Gasteiger partial charge in [-0.3, -0.25) is 19.5 Å². The maximum absolute atomic E-state index is 13.3. The Hall–Kier alpha value is -1.82. The summed E-state index contributed by atoms with van der Waals surface area (Å²) in [6.07, 6.45) is 3.21. The Bertz CT molecular complexity index is 809. The summed E-state index contributed by atoms with van der Waals surface area (Å²) in [6, 6.07) is 17.2. The van der Waals surface area contributed by atoms with Gasteiger partial charge in [0, 0.05) is 48.4 Å². The highest BCUT2D eigenvalue weighted by Gasteiger charge is 2.32. The average molecular weight is 380 g/mol.